The molecule has 7 heteroatoms. The Morgan fingerprint density at radius 1 is 0.938 bits per heavy atom. The highest BCUT2D eigenvalue weighted by Crippen LogP contribution is 2.33. The monoisotopic (exact) mass is 439 g/mol. The number of benzene rings is 1. The standard InChI is InChI=1S/C25H21N5OS/c31-25(28-15-6-10-18-8-2-1-3-9-18)23-22-19(20-11-7-17-32-20)13-16-27-24(22)30(29-23)21-12-4-5-14-26-21/h1-5,7-9,11-14,16-17H,6,10,15H2,(H,28,31). The predicted molar refractivity (Wildman–Crippen MR) is 127 cm³/mol. The van der Waals surface area contributed by atoms with Crippen LogP contribution in [-0.4, -0.2) is 32.2 Å². The lowest BCUT2D eigenvalue weighted by atomic mass is 10.1. The summed E-state index contributed by atoms with van der Waals surface area (Å²) in [6.45, 7) is 0.570. The number of carbonyl (C=O) groups excluding carboxylic acids is 1. The van der Waals surface area contributed by atoms with Crippen LogP contribution in [0.5, 0.6) is 0 Å². The number of nitrogens with zero attached hydrogens (tertiary/aromatic N) is 4. The van der Waals surface area contributed by atoms with Gasteiger partial charge in [-0.2, -0.15) is 9.78 Å². The Labute approximate surface area is 189 Å². The average molecular weight is 440 g/mol. The molecule has 0 spiro atoms. The van der Waals surface area contributed by atoms with Gasteiger partial charge in [-0.15, -0.1) is 11.3 Å². The molecule has 0 bridgehead atoms. The third-order valence-electron chi connectivity index (χ3n) is 5.21. The molecule has 0 atom stereocenters. The second kappa shape index (κ2) is 9.11. The number of nitrogens with one attached hydrogen (secondary N) is 1. The molecule has 6 nitrogen and oxygen atoms in total. The summed E-state index contributed by atoms with van der Waals surface area (Å²) in [6.07, 6.45) is 5.21. The van der Waals surface area contributed by atoms with Gasteiger partial charge in [0.2, 0.25) is 0 Å². The van der Waals surface area contributed by atoms with Crippen LogP contribution in [0.3, 0.4) is 0 Å². The van der Waals surface area contributed by atoms with Crippen molar-refractivity contribution >= 4 is 28.3 Å². The van der Waals surface area contributed by atoms with Crippen LogP contribution in [0.25, 0.3) is 27.3 Å². The molecule has 1 N–H and O–H groups in total. The lowest BCUT2D eigenvalue weighted by Crippen LogP contribution is -2.25. The molecule has 0 unspecified atom stereocenters. The van der Waals surface area contributed by atoms with E-state index in [1.54, 1.807) is 28.4 Å². The first kappa shape index (κ1) is 20.1. The largest absolute Gasteiger partial charge is 0.351 e. The van der Waals surface area contributed by atoms with Crippen LogP contribution < -0.4 is 5.32 Å². The van der Waals surface area contributed by atoms with Gasteiger partial charge in [-0.1, -0.05) is 42.5 Å². The number of aryl methyl sites for hydroxylation is 1. The molecule has 0 aliphatic rings. The molecule has 32 heavy (non-hydrogen) atoms. The zero-order chi connectivity index (χ0) is 21.8. The number of aromatic nitrogens is 4. The van der Waals surface area contributed by atoms with E-state index in [1.807, 2.05) is 60.0 Å². The summed E-state index contributed by atoms with van der Waals surface area (Å²) in [5, 5.41) is 10.4. The van der Waals surface area contributed by atoms with Crippen molar-refractivity contribution in [3.8, 4) is 16.3 Å². The Morgan fingerprint density at radius 2 is 1.81 bits per heavy atom. The maximum Gasteiger partial charge on any atom is 0.272 e. The molecule has 0 aliphatic heterocycles. The van der Waals surface area contributed by atoms with Gasteiger partial charge < -0.3 is 5.32 Å². The van der Waals surface area contributed by atoms with Gasteiger partial charge in [0.25, 0.3) is 5.91 Å². The number of amides is 1. The van der Waals surface area contributed by atoms with Gasteiger partial charge >= 0.3 is 0 Å². The van der Waals surface area contributed by atoms with Gasteiger partial charge in [0, 0.05) is 29.4 Å². The molecular formula is C25H21N5OS. The molecule has 5 aromatic rings. The van der Waals surface area contributed by atoms with Crippen LogP contribution in [0.4, 0.5) is 0 Å². The van der Waals surface area contributed by atoms with Crippen LogP contribution in [0.15, 0.2) is 84.5 Å². The lowest BCUT2D eigenvalue weighted by Gasteiger charge is -2.05. The van der Waals surface area contributed by atoms with E-state index in [1.165, 1.54) is 5.56 Å². The van der Waals surface area contributed by atoms with Gasteiger partial charge in [-0.25, -0.2) is 9.97 Å². The van der Waals surface area contributed by atoms with Crippen molar-refractivity contribution in [2.45, 2.75) is 12.8 Å². The van der Waals surface area contributed by atoms with Crippen molar-refractivity contribution < 1.29 is 4.79 Å². The van der Waals surface area contributed by atoms with Gasteiger partial charge in [-0.05, 0) is 48.1 Å². The maximum atomic E-state index is 13.2. The van der Waals surface area contributed by atoms with Crippen molar-refractivity contribution in [3.05, 3.63) is 95.8 Å². The summed E-state index contributed by atoms with van der Waals surface area (Å²) in [6, 6.07) is 21.8. The van der Waals surface area contributed by atoms with E-state index < -0.39 is 0 Å². The van der Waals surface area contributed by atoms with E-state index in [0.717, 1.165) is 28.7 Å². The van der Waals surface area contributed by atoms with Gasteiger partial charge in [0.1, 0.15) is 0 Å². The summed E-state index contributed by atoms with van der Waals surface area (Å²) in [4.78, 5) is 23.2. The van der Waals surface area contributed by atoms with Gasteiger partial charge in [-0.3, -0.25) is 4.79 Å². The van der Waals surface area contributed by atoms with E-state index in [2.05, 4.69) is 32.5 Å². The van der Waals surface area contributed by atoms with Crippen molar-refractivity contribution in [1.82, 2.24) is 25.1 Å². The molecule has 0 saturated carbocycles. The number of rotatable bonds is 7. The first-order chi connectivity index (χ1) is 15.8. The van der Waals surface area contributed by atoms with Crippen molar-refractivity contribution in [2.75, 3.05) is 6.54 Å². The summed E-state index contributed by atoms with van der Waals surface area (Å²) >= 11 is 1.62. The number of hydrogen-bond donors (Lipinski definition) is 1. The maximum absolute atomic E-state index is 13.2. The van der Waals surface area contributed by atoms with Crippen molar-refractivity contribution in [1.29, 1.82) is 0 Å². The Hall–Kier alpha value is -3.84. The fraction of sp³-hybridized carbons (Fsp3) is 0.120. The van der Waals surface area contributed by atoms with E-state index in [4.69, 9.17) is 0 Å². The molecule has 0 radical (unpaired) electrons. The Kier molecular flexibility index (Phi) is 5.72. The molecule has 4 aromatic heterocycles. The molecule has 0 aliphatic carbocycles. The number of carbonyl (C=O) groups is 1. The molecule has 5 rings (SSSR count). The van der Waals surface area contributed by atoms with E-state index >= 15 is 0 Å². The summed E-state index contributed by atoms with van der Waals surface area (Å²) in [5.41, 5.74) is 3.18. The molecular weight excluding hydrogens is 418 g/mol. The molecule has 1 amide bonds. The second-order valence-corrected chi connectivity index (χ2v) is 8.28. The SMILES string of the molecule is O=C(NCCCc1ccccc1)c1nn(-c2ccccn2)c2nccc(-c3cccs3)c12. The summed E-state index contributed by atoms with van der Waals surface area (Å²) in [7, 11) is 0. The minimum Gasteiger partial charge on any atom is -0.351 e. The third-order valence-corrected chi connectivity index (χ3v) is 6.11. The highest BCUT2D eigenvalue weighted by atomic mass is 32.1. The van der Waals surface area contributed by atoms with Crippen LogP contribution in [0.1, 0.15) is 22.5 Å². The number of hydrogen-bond acceptors (Lipinski definition) is 5. The number of thiophene rings is 1. The Bertz CT molecular complexity index is 1330. The van der Waals surface area contributed by atoms with Crippen LogP contribution >= 0.6 is 11.3 Å². The zero-order valence-electron chi connectivity index (χ0n) is 17.3. The Morgan fingerprint density at radius 3 is 2.59 bits per heavy atom. The first-order valence-electron chi connectivity index (χ1n) is 10.5. The molecule has 4 heterocycles. The lowest BCUT2D eigenvalue weighted by molar-refractivity contribution is 0.0949. The van der Waals surface area contributed by atoms with Crippen LogP contribution in [0, 0.1) is 0 Å². The van der Waals surface area contributed by atoms with E-state index in [0.29, 0.717) is 23.7 Å². The van der Waals surface area contributed by atoms with Crippen molar-refractivity contribution in [2.24, 2.45) is 0 Å². The van der Waals surface area contributed by atoms with Gasteiger partial charge in [0.15, 0.2) is 17.2 Å². The second-order valence-electron chi connectivity index (χ2n) is 7.33. The van der Waals surface area contributed by atoms with E-state index in [9.17, 15) is 4.79 Å². The third kappa shape index (κ3) is 4.02. The predicted octanol–water partition coefficient (Wildman–Crippen LogP) is 4.91. The first-order valence-corrected chi connectivity index (χ1v) is 11.3. The minimum atomic E-state index is -0.205. The van der Waals surface area contributed by atoms with Crippen LogP contribution in [0.2, 0.25) is 0 Å². The quantitative estimate of drug-likeness (QED) is 0.366. The fourth-order valence-corrected chi connectivity index (χ4v) is 4.46. The average Bonchev–Trinajstić information content (AvgIpc) is 3.51. The zero-order valence-corrected chi connectivity index (χ0v) is 18.1. The molecule has 1 aromatic carbocycles. The molecule has 0 saturated heterocycles. The molecule has 0 fully saturated rings. The Balaban J connectivity index is 1.48. The minimum absolute atomic E-state index is 0.205. The van der Waals surface area contributed by atoms with Crippen LogP contribution in [-0.2, 0) is 6.42 Å². The number of pyridine rings is 2. The summed E-state index contributed by atoms with van der Waals surface area (Å²) < 4.78 is 1.64. The van der Waals surface area contributed by atoms with E-state index in [-0.39, 0.29) is 5.91 Å². The van der Waals surface area contributed by atoms with Crippen molar-refractivity contribution in [3.63, 3.8) is 0 Å². The fourth-order valence-electron chi connectivity index (χ4n) is 3.70. The summed E-state index contributed by atoms with van der Waals surface area (Å²) in [5.74, 6) is 0.417. The number of fused-ring (bicyclic) bond motifs is 1. The van der Waals surface area contributed by atoms with Gasteiger partial charge in [0.05, 0.1) is 5.39 Å². The molecule has 158 valence electrons. The normalized spacial score (nSPS) is 11.0. The highest BCUT2D eigenvalue weighted by Gasteiger charge is 2.23. The smallest absolute Gasteiger partial charge is 0.272 e. The highest BCUT2D eigenvalue weighted by molar-refractivity contribution is 7.13. The topological polar surface area (TPSA) is 72.7 Å².